The van der Waals surface area contributed by atoms with Crippen LogP contribution in [0.25, 0.3) is 0 Å². The fraction of sp³-hybridized carbons (Fsp3) is 0.167. The standard InChI is InChI=1S/C9H6Br2N4OS.C5H4IN3.C4HBr2NOS/c1-15-5(2-4(3-12)14-15)6(16)7-8(10)13-9(11)17-7;1-9-5(6)2-4(3-7)8-9;5-3-2(1-8)9-4(6)7-3/h2,6,16H,1H3;2H,1H3;1H. The molecule has 0 amide bonds. The van der Waals surface area contributed by atoms with Crippen molar-refractivity contribution in [3.63, 3.8) is 0 Å². The molecule has 0 spiro atoms. The second-order valence-electron chi connectivity index (χ2n) is 6.04. The molecule has 4 aromatic rings. The highest BCUT2D eigenvalue weighted by Crippen LogP contribution is 2.35. The molecule has 10 nitrogen and oxygen atoms in total. The number of nitrogens with zero attached hydrogens (tertiary/aromatic N) is 8. The van der Waals surface area contributed by atoms with Gasteiger partial charge in [-0.3, -0.25) is 14.2 Å². The molecule has 0 aliphatic heterocycles. The Morgan fingerprint density at radius 2 is 1.54 bits per heavy atom. The normalized spacial score (nSPS) is 10.8. The zero-order chi connectivity index (χ0) is 26.3. The van der Waals surface area contributed by atoms with Gasteiger partial charge in [-0.15, -0.1) is 22.7 Å². The smallest absolute Gasteiger partial charge is 0.163 e. The van der Waals surface area contributed by atoms with Crippen LogP contribution >= 0.6 is 109 Å². The fourth-order valence-electron chi connectivity index (χ4n) is 2.24. The number of hydrogen-bond donors (Lipinski definition) is 1. The lowest BCUT2D eigenvalue weighted by Gasteiger charge is -2.08. The molecule has 1 N–H and O–H groups in total. The van der Waals surface area contributed by atoms with Gasteiger partial charge in [0.15, 0.2) is 25.5 Å². The Bertz CT molecular complexity index is 1400. The van der Waals surface area contributed by atoms with E-state index in [0.29, 0.717) is 34.3 Å². The first-order valence-electron chi connectivity index (χ1n) is 8.81. The van der Waals surface area contributed by atoms with Gasteiger partial charge in [-0.2, -0.15) is 20.7 Å². The van der Waals surface area contributed by atoms with Crippen molar-refractivity contribution in [2.45, 2.75) is 6.10 Å². The van der Waals surface area contributed by atoms with Crippen molar-refractivity contribution < 1.29 is 9.90 Å². The lowest BCUT2D eigenvalue weighted by molar-refractivity contribution is 0.112. The van der Waals surface area contributed by atoms with Gasteiger partial charge in [0.25, 0.3) is 0 Å². The minimum Gasteiger partial charge on any atom is -0.381 e. The number of thiazole rings is 2. The molecule has 0 aromatic carbocycles. The van der Waals surface area contributed by atoms with Gasteiger partial charge in [0.05, 0.1) is 14.3 Å². The second kappa shape index (κ2) is 14.0. The van der Waals surface area contributed by atoms with Crippen LogP contribution in [0, 0.1) is 26.4 Å². The fourth-order valence-corrected chi connectivity index (χ4v) is 7.08. The molecule has 35 heavy (non-hydrogen) atoms. The van der Waals surface area contributed by atoms with Crippen molar-refractivity contribution in [3.8, 4) is 12.1 Å². The molecule has 182 valence electrons. The number of hydrogen-bond acceptors (Lipinski definition) is 10. The highest BCUT2D eigenvalue weighted by Gasteiger charge is 2.22. The third kappa shape index (κ3) is 8.49. The number of aliphatic hydroxyl groups excluding tert-OH is 1. The Hall–Kier alpha value is -1.06. The van der Waals surface area contributed by atoms with E-state index in [9.17, 15) is 9.90 Å². The first kappa shape index (κ1) is 30.2. The number of carbonyl (C=O) groups is 1. The third-order valence-electron chi connectivity index (χ3n) is 3.77. The molecular formula is C18H11Br4IN8O2S2. The summed E-state index contributed by atoms with van der Waals surface area (Å²) in [4.78, 5) is 19.5. The van der Waals surface area contributed by atoms with Crippen molar-refractivity contribution >= 4 is 115 Å². The van der Waals surface area contributed by atoms with Crippen LogP contribution in [0.4, 0.5) is 0 Å². The average molecular weight is 882 g/mol. The molecular weight excluding hydrogens is 871 g/mol. The van der Waals surface area contributed by atoms with Crippen molar-refractivity contribution in [3.05, 3.63) is 59.7 Å². The molecule has 0 saturated carbocycles. The molecule has 1 unspecified atom stereocenters. The number of aliphatic hydroxyl groups is 1. The van der Waals surface area contributed by atoms with Gasteiger partial charge >= 0.3 is 0 Å². The Labute approximate surface area is 254 Å². The summed E-state index contributed by atoms with van der Waals surface area (Å²) in [6, 6.07) is 7.19. The first-order chi connectivity index (χ1) is 16.5. The van der Waals surface area contributed by atoms with E-state index in [1.54, 1.807) is 23.9 Å². The second-order valence-corrected chi connectivity index (χ2v) is 13.3. The van der Waals surface area contributed by atoms with Gasteiger partial charge in [-0.1, -0.05) is 0 Å². The Balaban J connectivity index is 0.000000203. The molecule has 0 fully saturated rings. The minimum absolute atomic E-state index is 0.279. The molecule has 0 saturated heterocycles. The maximum Gasteiger partial charge on any atom is 0.163 e. The van der Waals surface area contributed by atoms with Gasteiger partial charge in [-0.05, 0) is 86.3 Å². The van der Waals surface area contributed by atoms with Crippen LogP contribution < -0.4 is 0 Å². The number of aromatic nitrogens is 6. The van der Waals surface area contributed by atoms with Gasteiger partial charge in [0.2, 0.25) is 0 Å². The summed E-state index contributed by atoms with van der Waals surface area (Å²) in [6.07, 6.45) is -0.0836. The maximum atomic E-state index is 10.2. The SMILES string of the molecule is Cn1nc(C#N)cc1C(O)c1sc(Br)nc1Br.Cn1nc(C#N)cc1I.O=Cc1sc(Br)nc1Br. The van der Waals surface area contributed by atoms with Crippen LogP contribution in [0.3, 0.4) is 0 Å². The zero-order valence-corrected chi connectivity index (χ0v) is 27.6. The van der Waals surface area contributed by atoms with E-state index in [1.807, 2.05) is 19.2 Å². The highest BCUT2D eigenvalue weighted by molar-refractivity contribution is 14.1. The summed E-state index contributed by atoms with van der Waals surface area (Å²) in [7, 11) is 3.49. The van der Waals surface area contributed by atoms with E-state index < -0.39 is 6.10 Å². The minimum atomic E-state index is -0.854. The molecule has 0 aliphatic rings. The van der Waals surface area contributed by atoms with Crippen molar-refractivity contribution in [2.75, 3.05) is 0 Å². The van der Waals surface area contributed by atoms with Gasteiger partial charge in [0.1, 0.15) is 32.3 Å². The first-order valence-corrected chi connectivity index (χ1v) is 14.7. The van der Waals surface area contributed by atoms with Gasteiger partial charge in [0, 0.05) is 26.2 Å². The molecule has 4 aromatic heterocycles. The highest BCUT2D eigenvalue weighted by atomic mass is 127. The molecule has 4 heterocycles. The van der Waals surface area contributed by atoms with Crippen LogP contribution in [0.1, 0.15) is 37.7 Å². The van der Waals surface area contributed by atoms with Crippen LogP contribution in [-0.4, -0.2) is 40.9 Å². The van der Waals surface area contributed by atoms with E-state index in [-0.39, 0.29) is 5.69 Å². The Morgan fingerprint density at radius 3 is 1.89 bits per heavy atom. The summed E-state index contributed by atoms with van der Waals surface area (Å²) >= 11 is 17.5. The van der Waals surface area contributed by atoms with Crippen LogP contribution in [-0.2, 0) is 14.1 Å². The van der Waals surface area contributed by atoms with Crippen LogP contribution in [0.2, 0.25) is 0 Å². The third-order valence-corrected chi connectivity index (χ3v) is 9.51. The Morgan fingerprint density at radius 1 is 1.00 bits per heavy atom. The topological polar surface area (TPSA) is 146 Å². The van der Waals surface area contributed by atoms with Gasteiger partial charge < -0.3 is 5.11 Å². The number of nitriles is 2. The summed E-state index contributed by atoms with van der Waals surface area (Å²) in [5.41, 5.74) is 1.31. The average Bonchev–Trinajstić information content (AvgIpc) is 3.55. The summed E-state index contributed by atoms with van der Waals surface area (Å²) < 4.78 is 6.72. The maximum absolute atomic E-state index is 10.2. The number of aryl methyl sites for hydroxylation is 2. The molecule has 4 rings (SSSR count). The predicted molar refractivity (Wildman–Crippen MR) is 153 cm³/mol. The molecule has 1 atom stereocenters. The number of aldehydes is 1. The summed E-state index contributed by atoms with van der Waals surface area (Å²) in [6.45, 7) is 0. The zero-order valence-electron chi connectivity index (χ0n) is 17.4. The summed E-state index contributed by atoms with van der Waals surface area (Å²) in [5, 5.41) is 35.2. The lowest BCUT2D eigenvalue weighted by Crippen LogP contribution is -2.05. The van der Waals surface area contributed by atoms with E-state index in [1.165, 1.54) is 27.4 Å². The molecule has 0 radical (unpaired) electrons. The van der Waals surface area contributed by atoms with Gasteiger partial charge in [-0.25, -0.2) is 9.97 Å². The van der Waals surface area contributed by atoms with Crippen molar-refractivity contribution in [1.82, 2.24) is 29.5 Å². The van der Waals surface area contributed by atoms with E-state index in [4.69, 9.17) is 10.5 Å². The van der Waals surface area contributed by atoms with Crippen molar-refractivity contribution in [2.24, 2.45) is 14.1 Å². The number of rotatable bonds is 3. The predicted octanol–water partition coefficient (Wildman–Crippen LogP) is 5.73. The Kier molecular flexibility index (Phi) is 12.1. The number of carbonyl (C=O) groups excluding carboxylic acids is 1. The lowest BCUT2D eigenvalue weighted by atomic mass is 10.2. The van der Waals surface area contributed by atoms with E-state index >= 15 is 0 Å². The van der Waals surface area contributed by atoms with Crippen molar-refractivity contribution in [1.29, 1.82) is 10.5 Å². The van der Waals surface area contributed by atoms with E-state index in [0.717, 1.165) is 13.9 Å². The summed E-state index contributed by atoms with van der Waals surface area (Å²) in [5.74, 6) is 0. The largest absolute Gasteiger partial charge is 0.381 e. The number of halogens is 5. The molecule has 17 heteroatoms. The molecule has 0 aliphatic carbocycles. The van der Waals surface area contributed by atoms with Crippen LogP contribution in [0.15, 0.2) is 29.2 Å². The van der Waals surface area contributed by atoms with E-state index in [2.05, 4.69) is 106 Å². The molecule has 0 bridgehead atoms. The monoisotopic (exact) mass is 878 g/mol. The van der Waals surface area contributed by atoms with Crippen LogP contribution in [0.5, 0.6) is 0 Å². The quantitative estimate of drug-likeness (QED) is 0.203.